The second kappa shape index (κ2) is 5.68. The number of aryl methyl sites for hydroxylation is 2. The molecule has 0 aliphatic heterocycles. The van der Waals surface area contributed by atoms with Gasteiger partial charge in [0.2, 0.25) is 0 Å². The number of para-hydroxylation sites is 2. The smallest absolute Gasteiger partial charge is 0.182 e. The van der Waals surface area contributed by atoms with Gasteiger partial charge in [-0.15, -0.1) is 0 Å². The van der Waals surface area contributed by atoms with Gasteiger partial charge in [0.25, 0.3) is 0 Å². The molecule has 3 aromatic heterocycles. The summed E-state index contributed by atoms with van der Waals surface area (Å²) in [4.78, 5) is 20.2. The van der Waals surface area contributed by atoms with Crippen LogP contribution in [0.3, 0.4) is 0 Å². The molecule has 3 heterocycles. The highest BCUT2D eigenvalue weighted by atomic mass is 15.1. The number of hydrogen-bond acceptors (Lipinski definition) is 5. The van der Waals surface area contributed by atoms with Crippen molar-refractivity contribution in [2.24, 2.45) is 0 Å². The van der Waals surface area contributed by atoms with Gasteiger partial charge in [-0.1, -0.05) is 12.1 Å². The summed E-state index contributed by atoms with van der Waals surface area (Å²) in [6.45, 7) is 3.78. The fourth-order valence-corrected chi connectivity index (χ4v) is 2.82. The maximum Gasteiger partial charge on any atom is 0.182 e. The van der Waals surface area contributed by atoms with Crippen LogP contribution in [0.25, 0.3) is 22.2 Å². The van der Waals surface area contributed by atoms with Crippen LogP contribution in [0.4, 0.5) is 5.82 Å². The summed E-state index contributed by atoms with van der Waals surface area (Å²) >= 11 is 0. The number of anilines is 1. The van der Waals surface area contributed by atoms with Crippen molar-refractivity contribution in [2.75, 3.05) is 11.9 Å². The van der Waals surface area contributed by atoms with E-state index in [0.717, 1.165) is 42.2 Å². The number of fused-ring (bicyclic) bond motifs is 2. The van der Waals surface area contributed by atoms with E-state index in [4.69, 9.17) is 0 Å². The second-order valence-corrected chi connectivity index (χ2v) is 5.40. The minimum Gasteiger partial charge on any atom is -0.368 e. The maximum absolute atomic E-state index is 4.59. The first-order chi connectivity index (χ1) is 11.3. The fourth-order valence-electron chi connectivity index (χ4n) is 2.82. The Hall–Kier alpha value is -2.96. The predicted octanol–water partition coefficient (Wildman–Crippen LogP) is 2.51. The maximum atomic E-state index is 4.59. The number of hydrogen-bond donors (Lipinski definition) is 2. The molecule has 0 bridgehead atoms. The van der Waals surface area contributed by atoms with Gasteiger partial charge in [0, 0.05) is 13.1 Å². The van der Waals surface area contributed by atoms with Crippen LogP contribution in [0.15, 0.2) is 36.9 Å². The average molecular weight is 307 g/mol. The van der Waals surface area contributed by atoms with Crippen molar-refractivity contribution in [2.45, 2.75) is 19.9 Å². The van der Waals surface area contributed by atoms with Crippen molar-refractivity contribution in [3.8, 4) is 0 Å². The monoisotopic (exact) mass is 307 g/mol. The third-order valence-electron chi connectivity index (χ3n) is 3.92. The lowest BCUT2D eigenvalue weighted by Gasteiger charge is -2.08. The Morgan fingerprint density at radius 3 is 3.04 bits per heavy atom. The number of aromatic nitrogens is 6. The Morgan fingerprint density at radius 2 is 2.09 bits per heavy atom. The lowest BCUT2D eigenvalue weighted by molar-refractivity contribution is 0.658. The molecule has 0 radical (unpaired) electrons. The summed E-state index contributed by atoms with van der Waals surface area (Å²) in [5.74, 6) is 1.84. The van der Waals surface area contributed by atoms with Gasteiger partial charge in [-0.3, -0.25) is 0 Å². The molecule has 0 amide bonds. The highest BCUT2D eigenvalue weighted by Crippen LogP contribution is 2.17. The lowest BCUT2D eigenvalue weighted by Crippen LogP contribution is -2.09. The summed E-state index contributed by atoms with van der Waals surface area (Å²) in [5, 5.41) is 3.35. The first-order valence-electron chi connectivity index (χ1n) is 7.63. The molecule has 0 saturated carbocycles. The second-order valence-electron chi connectivity index (χ2n) is 5.40. The largest absolute Gasteiger partial charge is 0.368 e. The van der Waals surface area contributed by atoms with Gasteiger partial charge in [-0.2, -0.15) is 0 Å². The van der Waals surface area contributed by atoms with Gasteiger partial charge >= 0.3 is 0 Å². The van der Waals surface area contributed by atoms with Crippen LogP contribution in [0.5, 0.6) is 0 Å². The van der Waals surface area contributed by atoms with E-state index in [2.05, 4.69) is 40.9 Å². The highest BCUT2D eigenvalue weighted by molar-refractivity contribution is 5.81. The van der Waals surface area contributed by atoms with Crippen molar-refractivity contribution >= 4 is 28.0 Å². The Labute approximate surface area is 132 Å². The Balaban J connectivity index is 1.44. The molecule has 4 rings (SSSR count). The lowest BCUT2D eigenvalue weighted by atomic mass is 10.3. The number of benzene rings is 1. The number of imidazole rings is 2. The number of nitrogens with one attached hydrogen (secondary N) is 2. The summed E-state index contributed by atoms with van der Waals surface area (Å²) in [5.41, 5.74) is 3.76. The van der Waals surface area contributed by atoms with Gasteiger partial charge in [0.1, 0.15) is 17.7 Å². The van der Waals surface area contributed by atoms with Crippen molar-refractivity contribution in [3.05, 3.63) is 42.7 Å². The first kappa shape index (κ1) is 13.7. The first-order valence-corrected chi connectivity index (χ1v) is 7.63. The summed E-state index contributed by atoms with van der Waals surface area (Å²) < 4.78 is 2.25. The third-order valence-corrected chi connectivity index (χ3v) is 3.92. The molecule has 0 aliphatic carbocycles. The summed E-state index contributed by atoms with van der Waals surface area (Å²) in [6.07, 6.45) is 4.13. The third kappa shape index (κ3) is 2.50. The summed E-state index contributed by atoms with van der Waals surface area (Å²) in [7, 11) is 0. The van der Waals surface area contributed by atoms with Crippen molar-refractivity contribution in [3.63, 3.8) is 0 Å². The number of nitrogens with zero attached hydrogens (tertiary/aromatic N) is 5. The van der Waals surface area contributed by atoms with E-state index >= 15 is 0 Å². The molecule has 0 atom stereocenters. The SMILES string of the molecule is Cc1nc2ccccc2n1CCCNc1ncnc2nc[nH]c12. The topological polar surface area (TPSA) is 84.3 Å². The average Bonchev–Trinajstić information content (AvgIpc) is 3.16. The van der Waals surface area contributed by atoms with E-state index in [1.165, 1.54) is 11.8 Å². The number of aromatic amines is 1. The van der Waals surface area contributed by atoms with E-state index in [-0.39, 0.29) is 0 Å². The zero-order valence-electron chi connectivity index (χ0n) is 12.8. The minimum atomic E-state index is 0.680. The standard InChI is InChI=1S/C16H17N7/c1-11-22-12-5-2-3-6-13(12)23(11)8-4-7-17-15-14-16(19-9-18-14)21-10-20-15/h2-3,5-6,9-10H,4,7-8H2,1H3,(H2,17,18,19,20,21). The van der Waals surface area contributed by atoms with Crippen LogP contribution in [0.2, 0.25) is 0 Å². The molecule has 116 valence electrons. The Morgan fingerprint density at radius 1 is 1.17 bits per heavy atom. The van der Waals surface area contributed by atoms with Gasteiger partial charge in [-0.05, 0) is 25.5 Å². The molecular formula is C16H17N7. The molecule has 0 spiro atoms. The highest BCUT2D eigenvalue weighted by Gasteiger charge is 2.07. The van der Waals surface area contributed by atoms with Crippen molar-refractivity contribution in [1.29, 1.82) is 0 Å². The van der Waals surface area contributed by atoms with Crippen LogP contribution in [0.1, 0.15) is 12.2 Å². The molecule has 0 fully saturated rings. The zero-order chi connectivity index (χ0) is 15.6. The molecule has 7 nitrogen and oxygen atoms in total. The van der Waals surface area contributed by atoms with Crippen molar-refractivity contribution in [1.82, 2.24) is 29.5 Å². The van der Waals surface area contributed by atoms with Crippen LogP contribution < -0.4 is 5.32 Å². The van der Waals surface area contributed by atoms with Crippen LogP contribution >= 0.6 is 0 Å². The molecule has 0 aliphatic rings. The summed E-state index contributed by atoms with van der Waals surface area (Å²) in [6, 6.07) is 8.23. The van der Waals surface area contributed by atoms with Crippen LogP contribution in [0, 0.1) is 6.92 Å². The Kier molecular flexibility index (Phi) is 3.38. The van der Waals surface area contributed by atoms with Gasteiger partial charge in [0.05, 0.1) is 17.4 Å². The van der Waals surface area contributed by atoms with E-state index in [1.54, 1.807) is 6.33 Å². The minimum absolute atomic E-state index is 0.680. The van der Waals surface area contributed by atoms with E-state index < -0.39 is 0 Å². The van der Waals surface area contributed by atoms with Crippen LogP contribution in [-0.2, 0) is 6.54 Å². The van der Waals surface area contributed by atoms with E-state index in [9.17, 15) is 0 Å². The van der Waals surface area contributed by atoms with Gasteiger partial charge < -0.3 is 14.9 Å². The quantitative estimate of drug-likeness (QED) is 0.553. The fraction of sp³-hybridized carbons (Fsp3) is 0.250. The van der Waals surface area contributed by atoms with E-state index in [1.807, 2.05) is 25.1 Å². The molecule has 2 N–H and O–H groups in total. The van der Waals surface area contributed by atoms with E-state index in [0.29, 0.717) is 5.65 Å². The van der Waals surface area contributed by atoms with Crippen molar-refractivity contribution < 1.29 is 0 Å². The number of rotatable bonds is 5. The number of H-pyrrole nitrogens is 1. The molecule has 0 unspecified atom stereocenters. The van der Waals surface area contributed by atoms with Crippen LogP contribution in [-0.4, -0.2) is 36.0 Å². The molecule has 1 aromatic carbocycles. The molecular weight excluding hydrogens is 290 g/mol. The Bertz CT molecular complexity index is 953. The molecule has 23 heavy (non-hydrogen) atoms. The molecule has 4 aromatic rings. The zero-order valence-corrected chi connectivity index (χ0v) is 12.8. The predicted molar refractivity (Wildman–Crippen MR) is 89.3 cm³/mol. The molecule has 0 saturated heterocycles. The molecule has 7 heteroatoms. The normalized spacial score (nSPS) is 11.3. The van der Waals surface area contributed by atoms with Gasteiger partial charge in [0.15, 0.2) is 11.5 Å². The van der Waals surface area contributed by atoms with Gasteiger partial charge in [-0.25, -0.2) is 19.9 Å².